The second-order valence-corrected chi connectivity index (χ2v) is 7.09. The molecule has 0 aromatic carbocycles. The summed E-state index contributed by atoms with van der Waals surface area (Å²) in [6.45, 7) is 11.1. The molecule has 90 valence electrons. The second-order valence-electron chi connectivity index (χ2n) is 5.80. The molecule has 0 spiro atoms. The summed E-state index contributed by atoms with van der Waals surface area (Å²) in [5.74, 6) is 0.726. The number of rotatable bonds is 4. The standard InChI is InChI=1S/C14H22OS/c1-5-11(9-15)16-12-8-10-6-7-14(12,4)13(10,2)3/h5,8,10-11,15H,1,6-7,9H2,2-4H3/t10-,11+,14+/m1/s1. The van der Waals surface area contributed by atoms with E-state index in [9.17, 15) is 5.11 Å². The van der Waals surface area contributed by atoms with E-state index >= 15 is 0 Å². The summed E-state index contributed by atoms with van der Waals surface area (Å²) in [4.78, 5) is 1.48. The van der Waals surface area contributed by atoms with Crippen LogP contribution in [0.15, 0.2) is 23.6 Å². The van der Waals surface area contributed by atoms with Gasteiger partial charge >= 0.3 is 0 Å². The lowest BCUT2D eigenvalue weighted by atomic mass is 9.70. The molecule has 0 unspecified atom stereocenters. The normalized spacial score (nSPS) is 37.2. The third kappa shape index (κ3) is 1.50. The average Bonchev–Trinajstić information content (AvgIpc) is 2.58. The lowest BCUT2D eigenvalue weighted by Crippen LogP contribution is -2.30. The summed E-state index contributed by atoms with van der Waals surface area (Å²) in [6, 6.07) is 0. The lowest BCUT2D eigenvalue weighted by Gasteiger charge is -2.37. The van der Waals surface area contributed by atoms with Crippen LogP contribution in [0.1, 0.15) is 33.6 Å². The molecule has 1 fully saturated rings. The molecule has 2 bridgehead atoms. The molecule has 3 atom stereocenters. The Bertz CT molecular complexity index is 332. The van der Waals surface area contributed by atoms with E-state index in [4.69, 9.17) is 0 Å². The number of fused-ring (bicyclic) bond motifs is 2. The highest BCUT2D eigenvalue weighted by molar-refractivity contribution is 8.03. The van der Waals surface area contributed by atoms with E-state index in [1.807, 2.05) is 17.8 Å². The van der Waals surface area contributed by atoms with Gasteiger partial charge in [0.15, 0.2) is 0 Å². The first-order valence-corrected chi connectivity index (χ1v) is 6.96. The van der Waals surface area contributed by atoms with Crippen molar-refractivity contribution in [3.63, 3.8) is 0 Å². The maximum Gasteiger partial charge on any atom is 0.0588 e. The number of aliphatic hydroxyl groups is 1. The van der Waals surface area contributed by atoms with Gasteiger partial charge in [0.25, 0.3) is 0 Å². The first kappa shape index (κ1) is 12.3. The van der Waals surface area contributed by atoms with Crippen molar-refractivity contribution in [1.29, 1.82) is 0 Å². The van der Waals surface area contributed by atoms with Gasteiger partial charge in [-0.25, -0.2) is 0 Å². The fourth-order valence-electron chi connectivity index (χ4n) is 3.13. The molecule has 0 saturated heterocycles. The Morgan fingerprint density at radius 1 is 1.62 bits per heavy atom. The summed E-state index contributed by atoms with van der Waals surface area (Å²) < 4.78 is 0. The molecule has 0 aromatic rings. The van der Waals surface area contributed by atoms with Crippen molar-refractivity contribution >= 4 is 11.8 Å². The molecule has 2 rings (SSSR count). The first-order valence-electron chi connectivity index (χ1n) is 6.08. The Kier molecular flexibility index (Phi) is 3.00. The Labute approximate surface area is 103 Å². The van der Waals surface area contributed by atoms with E-state index in [-0.39, 0.29) is 11.9 Å². The van der Waals surface area contributed by atoms with Gasteiger partial charge in [-0.05, 0) is 29.1 Å². The Morgan fingerprint density at radius 3 is 2.69 bits per heavy atom. The molecule has 0 radical (unpaired) electrons. The number of thioether (sulfide) groups is 1. The molecule has 1 N–H and O–H groups in total. The molecule has 0 heterocycles. The fraction of sp³-hybridized carbons (Fsp3) is 0.714. The van der Waals surface area contributed by atoms with Crippen LogP contribution in [-0.4, -0.2) is 17.0 Å². The smallest absolute Gasteiger partial charge is 0.0588 e. The third-order valence-electron chi connectivity index (χ3n) is 4.92. The van der Waals surface area contributed by atoms with E-state index in [1.54, 1.807) is 0 Å². The summed E-state index contributed by atoms with van der Waals surface area (Å²) in [6.07, 6.45) is 6.92. The van der Waals surface area contributed by atoms with Gasteiger partial charge in [0.2, 0.25) is 0 Å². The Morgan fingerprint density at radius 2 is 2.31 bits per heavy atom. The molecule has 1 saturated carbocycles. The highest BCUT2D eigenvalue weighted by atomic mass is 32.2. The Balaban J connectivity index is 2.20. The summed E-state index contributed by atoms with van der Waals surface area (Å²) in [5, 5.41) is 9.40. The largest absolute Gasteiger partial charge is 0.395 e. The first-order chi connectivity index (χ1) is 7.45. The lowest BCUT2D eigenvalue weighted by molar-refractivity contribution is 0.178. The van der Waals surface area contributed by atoms with Crippen LogP contribution in [0.4, 0.5) is 0 Å². The molecule has 1 nitrogen and oxygen atoms in total. The fourth-order valence-corrected chi connectivity index (χ4v) is 4.49. The molecule has 16 heavy (non-hydrogen) atoms. The maximum atomic E-state index is 9.25. The van der Waals surface area contributed by atoms with E-state index in [0.29, 0.717) is 10.8 Å². The molecule has 0 amide bonds. The predicted molar refractivity (Wildman–Crippen MR) is 71.4 cm³/mol. The van der Waals surface area contributed by atoms with Gasteiger partial charge in [-0.3, -0.25) is 0 Å². The molecule has 2 aliphatic rings. The number of aliphatic hydroxyl groups excluding tert-OH is 1. The van der Waals surface area contributed by atoms with Gasteiger partial charge in [0.1, 0.15) is 0 Å². The van der Waals surface area contributed by atoms with Crippen molar-refractivity contribution in [2.24, 2.45) is 16.7 Å². The zero-order valence-corrected chi connectivity index (χ0v) is 11.3. The summed E-state index contributed by atoms with van der Waals surface area (Å²) >= 11 is 1.81. The van der Waals surface area contributed by atoms with Crippen molar-refractivity contribution in [2.75, 3.05) is 6.61 Å². The van der Waals surface area contributed by atoms with Crippen molar-refractivity contribution in [3.8, 4) is 0 Å². The van der Waals surface area contributed by atoms with Gasteiger partial charge in [0.05, 0.1) is 11.9 Å². The molecular weight excluding hydrogens is 216 g/mol. The zero-order valence-electron chi connectivity index (χ0n) is 10.5. The van der Waals surface area contributed by atoms with E-state index < -0.39 is 0 Å². The van der Waals surface area contributed by atoms with Crippen LogP contribution in [0.25, 0.3) is 0 Å². The number of hydrogen-bond acceptors (Lipinski definition) is 2. The molecule has 2 heteroatoms. The van der Waals surface area contributed by atoms with Crippen molar-refractivity contribution in [3.05, 3.63) is 23.6 Å². The molecule has 0 aliphatic heterocycles. The van der Waals surface area contributed by atoms with E-state index in [0.717, 1.165) is 5.92 Å². The molecular formula is C14H22OS. The van der Waals surface area contributed by atoms with E-state index in [2.05, 4.69) is 33.4 Å². The maximum absolute atomic E-state index is 9.25. The monoisotopic (exact) mass is 238 g/mol. The molecule has 0 aromatic heterocycles. The highest BCUT2D eigenvalue weighted by Gasteiger charge is 2.57. The summed E-state index contributed by atoms with van der Waals surface area (Å²) in [7, 11) is 0. The number of allylic oxidation sites excluding steroid dienone is 2. The number of hydrogen-bond donors (Lipinski definition) is 1. The summed E-state index contributed by atoms with van der Waals surface area (Å²) in [5.41, 5.74) is 0.704. The molecule has 2 aliphatic carbocycles. The van der Waals surface area contributed by atoms with Gasteiger partial charge in [-0.1, -0.05) is 32.9 Å². The predicted octanol–water partition coefficient (Wildman–Crippen LogP) is 3.61. The quantitative estimate of drug-likeness (QED) is 0.755. The van der Waals surface area contributed by atoms with Crippen molar-refractivity contribution in [2.45, 2.75) is 38.9 Å². The van der Waals surface area contributed by atoms with Crippen LogP contribution < -0.4 is 0 Å². The van der Waals surface area contributed by atoms with Crippen molar-refractivity contribution in [1.82, 2.24) is 0 Å². The average molecular weight is 238 g/mol. The zero-order chi connectivity index (χ0) is 12.0. The van der Waals surface area contributed by atoms with Gasteiger partial charge in [-0.15, -0.1) is 18.3 Å². The SMILES string of the molecule is C=C[C@@H](CO)SC1=C[C@H]2CC[C@]1(C)C2(C)C. The van der Waals surface area contributed by atoms with Crippen LogP contribution in [0.2, 0.25) is 0 Å². The van der Waals surface area contributed by atoms with Gasteiger partial charge in [-0.2, -0.15) is 0 Å². The van der Waals surface area contributed by atoms with Crippen LogP contribution >= 0.6 is 11.8 Å². The second kappa shape index (κ2) is 3.92. The minimum Gasteiger partial charge on any atom is -0.395 e. The highest BCUT2D eigenvalue weighted by Crippen LogP contribution is 2.67. The minimum atomic E-state index is 0.151. The topological polar surface area (TPSA) is 20.2 Å². The minimum absolute atomic E-state index is 0.151. The van der Waals surface area contributed by atoms with Crippen LogP contribution in [0.5, 0.6) is 0 Å². The van der Waals surface area contributed by atoms with Crippen LogP contribution in [0.3, 0.4) is 0 Å². The third-order valence-corrected chi connectivity index (χ3v) is 6.41. The van der Waals surface area contributed by atoms with Crippen molar-refractivity contribution < 1.29 is 5.11 Å². The van der Waals surface area contributed by atoms with E-state index in [1.165, 1.54) is 17.7 Å². The van der Waals surface area contributed by atoms with Crippen LogP contribution in [-0.2, 0) is 0 Å². The van der Waals surface area contributed by atoms with Crippen LogP contribution in [0, 0.1) is 16.7 Å². The van der Waals surface area contributed by atoms with Gasteiger partial charge < -0.3 is 5.11 Å². The van der Waals surface area contributed by atoms with Gasteiger partial charge in [0, 0.05) is 5.41 Å². The Hall–Kier alpha value is -0.210.